The number of aliphatic imine (C=N–C) groups is 1. The van der Waals surface area contributed by atoms with Crippen LogP contribution < -0.4 is 10.6 Å². The molecule has 1 aromatic carbocycles. The molecule has 23 heavy (non-hydrogen) atoms. The summed E-state index contributed by atoms with van der Waals surface area (Å²) in [6.07, 6.45) is 2.06. The van der Waals surface area contributed by atoms with E-state index in [9.17, 15) is 9.18 Å². The van der Waals surface area contributed by atoms with Gasteiger partial charge in [-0.1, -0.05) is 13.8 Å². The Bertz CT molecular complexity index is 660. The van der Waals surface area contributed by atoms with E-state index in [1.165, 1.54) is 6.07 Å². The maximum atomic E-state index is 14.2. The van der Waals surface area contributed by atoms with Gasteiger partial charge in [-0.05, 0) is 44.0 Å². The van der Waals surface area contributed by atoms with E-state index < -0.39 is 0 Å². The van der Waals surface area contributed by atoms with Gasteiger partial charge in [0.05, 0.1) is 11.4 Å². The number of halogens is 1. The van der Waals surface area contributed by atoms with Crippen molar-refractivity contribution >= 4 is 24.0 Å². The summed E-state index contributed by atoms with van der Waals surface area (Å²) in [5.74, 6) is -0.379. The van der Waals surface area contributed by atoms with Crippen molar-refractivity contribution in [3.05, 3.63) is 34.6 Å². The second kappa shape index (κ2) is 6.94. The van der Waals surface area contributed by atoms with Crippen molar-refractivity contribution in [1.82, 2.24) is 10.6 Å². The van der Waals surface area contributed by atoms with Crippen LogP contribution in [0, 0.1) is 5.82 Å². The summed E-state index contributed by atoms with van der Waals surface area (Å²) in [4.78, 5) is 16.2. The fraction of sp³-hybridized carbons (Fsp3) is 0.444. The van der Waals surface area contributed by atoms with Gasteiger partial charge in [-0.3, -0.25) is 9.79 Å². The Morgan fingerprint density at radius 2 is 2.04 bits per heavy atom. The SMILES string of the molecule is C=Nc1cc(F)c(C(C)C)cc1/C(NC)=C(\C)C(=O)NC1CC1. The Balaban J connectivity index is 2.52. The third-order valence-electron chi connectivity index (χ3n) is 4.05. The molecule has 2 rings (SSSR count). The Morgan fingerprint density at radius 3 is 2.52 bits per heavy atom. The van der Waals surface area contributed by atoms with Gasteiger partial charge in [0.25, 0.3) is 0 Å². The first-order valence-corrected chi connectivity index (χ1v) is 7.89. The molecule has 124 valence electrons. The molecular weight excluding hydrogens is 293 g/mol. The van der Waals surface area contributed by atoms with Crippen LogP contribution in [0.5, 0.6) is 0 Å². The molecule has 2 N–H and O–H groups in total. The summed E-state index contributed by atoms with van der Waals surface area (Å²) in [6.45, 7) is 9.14. The van der Waals surface area contributed by atoms with E-state index in [0.29, 0.717) is 28.1 Å². The molecule has 0 aliphatic heterocycles. The van der Waals surface area contributed by atoms with Crippen molar-refractivity contribution in [2.45, 2.75) is 45.6 Å². The fourth-order valence-electron chi connectivity index (χ4n) is 2.51. The van der Waals surface area contributed by atoms with Crippen molar-refractivity contribution in [1.29, 1.82) is 0 Å². The number of carbonyl (C=O) groups is 1. The molecular formula is C18H24FN3O. The summed E-state index contributed by atoms with van der Waals surface area (Å²) >= 11 is 0. The van der Waals surface area contributed by atoms with Crippen LogP contribution in [0.3, 0.4) is 0 Å². The van der Waals surface area contributed by atoms with Crippen molar-refractivity contribution < 1.29 is 9.18 Å². The zero-order chi connectivity index (χ0) is 17.1. The predicted molar refractivity (Wildman–Crippen MR) is 92.5 cm³/mol. The number of hydrogen-bond donors (Lipinski definition) is 2. The van der Waals surface area contributed by atoms with Gasteiger partial charge >= 0.3 is 0 Å². The van der Waals surface area contributed by atoms with Crippen LogP contribution in [-0.4, -0.2) is 25.7 Å². The molecule has 1 fully saturated rings. The average molecular weight is 317 g/mol. The molecule has 0 radical (unpaired) electrons. The van der Waals surface area contributed by atoms with Gasteiger partial charge in [0, 0.05) is 30.3 Å². The molecule has 0 aromatic heterocycles. The summed E-state index contributed by atoms with van der Waals surface area (Å²) in [7, 11) is 1.74. The lowest BCUT2D eigenvalue weighted by molar-refractivity contribution is -0.117. The summed E-state index contributed by atoms with van der Waals surface area (Å²) in [5.41, 5.74) is 2.92. The van der Waals surface area contributed by atoms with Crippen LogP contribution in [0.15, 0.2) is 22.7 Å². The summed E-state index contributed by atoms with van der Waals surface area (Å²) in [6, 6.07) is 3.41. The minimum absolute atomic E-state index is 0.0336. The van der Waals surface area contributed by atoms with Gasteiger partial charge in [-0.15, -0.1) is 0 Å². The van der Waals surface area contributed by atoms with E-state index in [4.69, 9.17) is 0 Å². The fourth-order valence-corrected chi connectivity index (χ4v) is 2.51. The molecule has 5 heteroatoms. The molecule has 1 amide bonds. The molecule has 1 aliphatic rings. The van der Waals surface area contributed by atoms with E-state index in [-0.39, 0.29) is 23.7 Å². The second-order valence-electron chi connectivity index (χ2n) is 6.20. The number of benzene rings is 1. The molecule has 0 saturated heterocycles. The Labute approximate surface area is 136 Å². The highest BCUT2D eigenvalue weighted by molar-refractivity contribution is 6.01. The van der Waals surface area contributed by atoms with Crippen molar-refractivity contribution in [2.75, 3.05) is 7.05 Å². The lowest BCUT2D eigenvalue weighted by Gasteiger charge is -2.17. The minimum Gasteiger partial charge on any atom is -0.387 e. The van der Waals surface area contributed by atoms with E-state index in [1.807, 2.05) is 13.8 Å². The molecule has 1 aliphatic carbocycles. The number of nitrogens with zero attached hydrogens (tertiary/aromatic N) is 1. The van der Waals surface area contributed by atoms with Gasteiger partial charge in [0.2, 0.25) is 5.91 Å². The second-order valence-corrected chi connectivity index (χ2v) is 6.20. The van der Waals surface area contributed by atoms with Gasteiger partial charge < -0.3 is 10.6 Å². The zero-order valence-corrected chi connectivity index (χ0v) is 14.2. The van der Waals surface area contributed by atoms with Gasteiger partial charge in [-0.2, -0.15) is 0 Å². The molecule has 1 saturated carbocycles. The normalized spacial score (nSPS) is 15.2. The first kappa shape index (κ1) is 17.2. The highest BCUT2D eigenvalue weighted by Gasteiger charge is 2.25. The summed E-state index contributed by atoms with van der Waals surface area (Å²) in [5, 5.41) is 6.03. The number of rotatable bonds is 6. The first-order chi connectivity index (χ1) is 10.9. The maximum Gasteiger partial charge on any atom is 0.249 e. The number of amides is 1. The predicted octanol–water partition coefficient (Wildman–Crippen LogP) is 3.51. The molecule has 0 atom stereocenters. The quantitative estimate of drug-likeness (QED) is 0.623. The monoisotopic (exact) mass is 317 g/mol. The Kier molecular flexibility index (Phi) is 5.19. The number of hydrogen-bond acceptors (Lipinski definition) is 3. The topological polar surface area (TPSA) is 53.5 Å². The third-order valence-corrected chi connectivity index (χ3v) is 4.05. The van der Waals surface area contributed by atoms with Crippen LogP contribution in [0.25, 0.3) is 5.70 Å². The third kappa shape index (κ3) is 3.78. The summed E-state index contributed by atoms with van der Waals surface area (Å²) < 4.78 is 14.2. The van der Waals surface area contributed by atoms with E-state index >= 15 is 0 Å². The Morgan fingerprint density at radius 1 is 1.39 bits per heavy atom. The number of carbonyl (C=O) groups excluding carboxylic acids is 1. The standard InChI is InChI=1S/C18H24FN3O/c1-10(2)13-8-14(16(20-4)9-15(13)19)17(21-5)11(3)18(23)22-12-6-7-12/h8-10,12,21H,4,6-7H2,1-3,5H3,(H,22,23)/b17-11-. The van der Waals surface area contributed by atoms with Gasteiger partial charge in [0.15, 0.2) is 0 Å². The van der Waals surface area contributed by atoms with E-state index in [0.717, 1.165) is 12.8 Å². The molecule has 4 nitrogen and oxygen atoms in total. The first-order valence-electron chi connectivity index (χ1n) is 7.89. The largest absolute Gasteiger partial charge is 0.387 e. The van der Waals surface area contributed by atoms with Gasteiger partial charge in [-0.25, -0.2) is 4.39 Å². The Hall–Kier alpha value is -2.17. The minimum atomic E-state index is -0.304. The van der Waals surface area contributed by atoms with E-state index in [2.05, 4.69) is 22.3 Å². The van der Waals surface area contributed by atoms with Crippen molar-refractivity contribution in [3.8, 4) is 0 Å². The van der Waals surface area contributed by atoms with Crippen molar-refractivity contribution in [2.24, 2.45) is 4.99 Å². The van der Waals surface area contributed by atoms with Crippen molar-refractivity contribution in [3.63, 3.8) is 0 Å². The average Bonchev–Trinajstić information content (AvgIpc) is 3.32. The molecule has 0 bridgehead atoms. The zero-order valence-electron chi connectivity index (χ0n) is 14.2. The van der Waals surface area contributed by atoms with Crippen LogP contribution in [-0.2, 0) is 4.79 Å². The smallest absolute Gasteiger partial charge is 0.249 e. The molecule has 0 heterocycles. The lowest BCUT2D eigenvalue weighted by atomic mass is 9.96. The maximum absolute atomic E-state index is 14.2. The van der Waals surface area contributed by atoms with Crippen LogP contribution >= 0.6 is 0 Å². The highest BCUT2D eigenvalue weighted by atomic mass is 19.1. The lowest BCUT2D eigenvalue weighted by Crippen LogP contribution is -2.28. The molecule has 0 unspecified atom stereocenters. The highest BCUT2D eigenvalue weighted by Crippen LogP contribution is 2.32. The van der Waals surface area contributed by atoms with Crippen LogP contribution in [0.2, 0.25) is 0 Å². The van der Waals surface area contributed by atoms with Gasteiger partial charge in [0.1, 0.15) is 5.82 Å². The molecule has 0 spiro atoms. The van der Waals surface area contributed by atoms with Crippen LogP contribution in [0.1, 0.15) is 50.7 Å². The molecule has 1 aromatic rings. The van der Waals surface area contributed by atoms with E-state index in [1.54, 1.807) is 20.0 Å². The number of nitrogens with one attached hydrogen (secondary N) is 2. The van der Waals surface area contributed by atoms with Crippen LogP contribution in [0.4, 0.5) is 10.1 Å².